The number of carbonyl (C=O) groups is 1. The second-order valence-corrected chi connectivity index (χ2v) is 4.30. The summed E-state index contributed by atoms with van der Waals surface area (Å²) >= 11 is 0. The molecule has 0 spiro atoms. The third-order valence-corrected chi connectivity index (χ3v) is 2.78. The molecule has 1 fully saturated rings. The van der Waals surface area contributed by atoms with Gasteiger partial charge in [0.25, 0.3) is 0 Å². The summed E-state index contributed by atoms with van der Waals surface area (Å²) < 4.78 is 7.04. The zero-order valence-electron chi connectivity index (χ0n) is 9.74. The van der Waals surface area contributed by atoms with Crippen LogP contribution in [-0.2, 0) is 11.3 Å². The molecule has 2 heterocycles. The number of aromatic nitrogens is 4. The van der Waals surface area contributed by atoms with Crippen molar-refractivity contribution in [2.24, 2.45) is 0 Å². The van der Waals surface area contributed by atoms with Crippen LogP contribution in [0.15, 0.2) is 23.3 Å². The van der Waals surface area contributed by atoms with Crippen molar-refractivity contribution in [1.82, 2.24) is 19.7 Å². The molecule has 1 N–H and O–H groups in total. The number of oxazole rings is 1. The largest absolute Gasteiger partial charge is 0.428 e. The summed E-state index contributed by atoms with van der Waals surface area (Å²) in [6.07, 6.45) is 7.30. The third kappa shape index (κ3) is 2.55. The average Bonchev–Trinajstić information content (AvgIpc) is 2.90. The molecule has 3 rings (SSSR count). The molecule has 0 aliphatic heterocycles. The number of nitrogens with one attached hydrogen (secondary N) is 1. The molecule has 2 aromatic heterocycles. The second-order valence-electron chi connectivity index (χ2n) is 4.30. The smallest absolute Gasteiger partial charge is 0.301 e. The Morgan fingerprint density at radius 3 is 3.17 bits per heavy atom. The zero-order chi connectivity index (χ0) is 12.4. The average molecular weight is 247 g/mol. The summed E-state index contributed by atoms with van der Waals surface area (Å²) in [5.41, 5.74) is 0. The molecule has 0 saturated heterocycles. The second kappa shape index (κ2) is 4.59. The standard InChI is InChI=1S/C11H13N5O2/c17-10(3-4-16-7-12-6-14-16)15-11-13-5-9(18-11)8-1-2-8/h5-8H,1-4H2,(H,13,15,17). The van der Waals surface area contributed by atoms with Gasteiger partial charge in [0.05, 0.1) is 12.7 Å². The fourth-order valence-corrected chi connectivity index (χ4v) is 1.65. The third-order valence-electron chi connectivity index (χ3n) is 2.78. The van der Waals surface area contributed by atoms with Crippen LogP contribution in [0.4, 0.5) is 6.01 Å². The zero-order valence-corrected chi connectivity index (χ0v) is 9.74. The highest BCUT2D eigenvalue weighted by Crippen LogP contribution is 2.40. The lowest BCUT2D eigenvalue weighted by molar-refractivity contribution is -0.116. The Kier molecular flexibility index (Phi) is 2.79. The number of carbonyl (C=O) groups excluding carboxylic acids is 1. The van der Waals surface area contributed by atoms with E-state index in [2.05, 4.69) is 20.4 Å². The molecule has 0 aromatic carbocycles. The van der Waals surface area contributed by atoms with Gasteiger partial charge in [0.2, 0.25) is 5.91 Å². The van der Waals surface area contributed by atoms with E-state index in [1.165, 1.54) is 6.33 Å². The van der Waals surface area contributed by atoms with Crippen LogP contribution in [0.1, 0.15) is 30.9 Å². The maximum absolute atomic E-state index is 11.6. The van der Waals surface area contributed by atoms with Crippen molar-refractivity contribution in [2.45, 2.75) is 31.7 Å². The first-order valence-corrected chi connectivity index (χ1v) is 5.89. The number of nitrogens with zero attached hydrogens (tertiary/aromatic N) is 4. The summed E-state index contributed by atoms with van der Waals surface area (Å²) in [5, 5.41) is 6.55. The van der Waals surface area contributed by atoms with E-state index in [-0.39, 0.29) is 11.9 Å². The van der Waals surface area contributed by atoms with Gasteiger partial charge in [0.1, 0.15) is 18.4 Å². The maximum atomic E-state index is 11.6. The molecular formula is C11H13N5O2. The quantitative estimate of drug-likeness (QED) is 0.857. The van der Waals surface area contributed by atoms with Gasteiger partial charge < -0.3 is 4.42 Å². The highest BCUT2D eigenvalue weighted by atomic mass is 16.4. The topological polar surface area (TPSA) is 85.8 Å². The van der Waals surface area contributed by atoms with Gasteiger partial charge in [-0.15, -0.1) is 0 Å². The van der Waals surface area contributed by atoms with E-state index in [4.69, 9.17) is 4.42 Å². The van der Waals surface area contributed by atoms with Gasteiger partial charge in [-0.05, 0) is 12.8 Å². The minimum absolute atomic E-state index is 0.144. The van der Waals surface area contributed by atoms with Crippen LogP contribution in [0.5, 0.6) is 0 Å². The summed E-state index contributed by atoms with van der Waals surface area (Å²) in [5.74, 6) is 1.22. The first-order chi connectivity index (χ1) is 8.81. The predicted molar refractivity (Wildman–Crippen MR) is 61.7 cm³/mol. The Morgan fingerprint density at radius 2 is 2.44 bits per heavy atom. The van der Waals surface area contributed by atoms with Gasteiger partial charge in [-0.25, -0.2) is 9.97 Å². The molecule has 0 radical (unpaired) electrons. The molecule has 0 unspecified atom stereocenters. The lowest BCUT2D eigenvalue weighted by Gasteiger charge is -2.00. The van der Waals surface area contributed by atoms with Gasteiger partial charge in [0.15, 0.2) is 0 Å². The van der Waals surface area contributed by atoms with Crippen LogP contribution >= 0.6 is 0 Å². The van der Waals surface area contributed by atoms with Crippen molar-refractivity contribution in [1.29, 1.82) is 0 Å². The summed E-state index contributed by atoms with van der Waals surface area (Å²) in [4.78, 5) is 19.5. The number of aryl methyl sites for hydroxylation is 1. The van der Waals surface area contributed by atoms with E-state index in [1.54, 1.807) is 17.2 Å². The summed E-state index contributed by atoms with van der Waals surface area (Å²) in [6, 6.07) is 0.278. The van der Waals surface area contributed by atoms with E-state index in [0.717, 1.165) is 18.6 Å². The molecule has 1 aliphatic rings. The Labute approximate surface area is 103 Å². The number of anilines is 1. The van der Waals surface area contributed by atoms with Crippen LogP contribution in [-0.4, -0.2) is 25.7 Å². The predicted octanol–water partition coefficient (Wildman–Crippen LogP) is 1.17. The van der Waals surface area contributed by atoms with Crippen molar-refractivity contribution in [3.63, 3.8) is 0 Å². The Balaban J connectivity index is 1.50. The monoisotopic (exact) mass is 247 g/mol. The Hall–Kier alpha value is -2.18. The molecule has 7 heteroatoms. The van der Waals surface area contributed by atoms with Crippen LogP contribution in [0, 0.1) is 0 Å². The Morgan fingerprint density at radius 1 is 1.56 bits per heavy atom. The molecule has 7 nitrogen and oxygen atoms in total. The molecule has 2 aromatic rings. The van der Waals surface area contributed by atoms with Gasteiger partial charge in [0, 0.05) is 12.3 Å². The fourth-order valence-electron chi connectivity index (χ4n) is 1.65. The minimum atomic E-state index is -0.144. The lowest BCUT2D eigenvalue weighted by atomic mass is 10.3. The molecular weight excluding hydrogens is 234 g/mol. The molecule has 94 valence electrons. The van der Waals surface area contributed by atoms with Gasteiger partial charge in [-0.3, -0.25) is 14.8 Å². The van der Waals surface area contributed by atoms with Crippen LogP contribution in [0.25, 0.3) is 0 Å². The fraction of sp³-hybridized carbons (Fsp3) is 0.455. The number of amides is 1. The molecule has 1 amide bonds. The number of hydrogen-bond donors (Lipinski definition) is 1. The van der Waals surface area contributed by atoms with Crippen LogP contribution in [0.2, 0.25) is 0 Å². The van der Waals surface area contributed by atoms with E-state index >= 15 is 0 Å². The Bertz CT molecular complexity index is 529. The highest BCUT2D eigenvalue weighted by molar-refractivity contribution is 5.88. The molecule has 18 heavy (non-hydrogen) atoms. The SMILES string of the molecule is O=C(CCn1cncn1)Nc1ncc(C2CC2)o1. The number of rotatable bonds is 5. The van der Waals surface area contributed by atoms with Gasteiger partial charge in [-0.1, -0.05) is 0 Å². The van der Waals surface area contributed by atoms with Crippen molar-refractivity contribution in [3.8, 4) is 0 Å². The molecule has 0 bridgehead atoms. The lowest BCUT2D eigenvalue weighted by Crippen LogP contribution is -2.14. The van der Waals surface area contributed by atoms with Crippen molar-refractivity contribution >= 4 is 11.9 Å². The van der Waals surface area contributed by atoms with Crippen LogP contribution in [0.3, 0.4) is 0 Å². The van der Waals surface area contributed by atoms with Crippen molar-refractivity contribution in [3.05, 3.63) is 24.6 Å². The first kappa shape index (κ1) is 10.9. The van der Waals surface area contributed by atoms with Gasteiger partial charge >= 0.3 is 6.01 Å². The molecule has 0 atom stereocenters. The van der Waals surface area contributed by atoms with E-state index < -0.39 is 0 Å². The van der Waals surface area contributed by atoms with Crippen LogP contribution < -0.4 is 5.32 Å². The number of hydrogen-bond acceptors (Lipinski definition) is 5. The highest BCUT2D eigenvalue weighted by Gasteiger charge is 2.27. The van der Waals surface area contributed by atoms with Crippen molar-refractivity contribution < 1.29 is 9.21 Å². The van der Waals surface area contributed by atoms with E-state index in [0.29, 0.717) is 18.9 Å². The minimum Gasteiger partial charge on any atom is -0.428 e. The van der Waals surface area contributed by atoms with E-state index in [1.807, 2.05) is 0 Å². The van der Waals surface area contributed by atoms with E-state index in [9.17, 15) is 4.79 Å². The summed E-state index contributed by atoms with van der Waals surface area (Å²) in [7, 11) is 0. The first-order valence-electron chi connectivity index (χ1n) is 5.89. The van der Waals surface area contributed by atoms with Gasteiger partial charge in [-0.2, -0.15) is 5.10 Å². The van der Waals surface area contributed by atoms with Crippen molar-refractivity contribution in [2.75, 3.05) is 5.32 Å². The maximum Gasteiger partial charge on any atom is 0.301 e. The summed E-state index contributed by atoms with van der Waals surface area (Å²) in [6.45, 7) is 0.488. The molecule has 1 saturated carbocycles. The normalized spacial score (nSPS) is 14.7. The molecule has 1 aliphatic carbocycles.